The summed E-state index contributed by atoms with van der Waals surface area (Å²) in [5.74, 6) is 0.322. The van der Waals surface area contributed by atoms with Gasteiger partial charge in [0.1, 0.15) is 5.75 Å². The van der Waals surface area contributed by atoms with Gasteiger partial charge in [-0.1, -0.05) is 133 Å². The Hall–Kier alpha value is -2.91. The molecular weight excluding hydrogens is 480 g/mol. The highest BCUT2D eigenvalue weighted by Gasteiger charge is 2.12. The fraction of sp³-hybridized carbons (Fsp3) is 0.472. The Morgan fingerprint density at radius 3 is 1.85 bits per heavy atom. The summed E-state index contributed by atoms with van der Waals surface area (Å²) in [6.45, 7) is 7.34. The highest BCUT2D eigenvalue weighted by molar-refractivity contribution is 5.91. The van der Waals surface area contributed by atoms with Crippen molar-refractivity contribution in [2.45, 2.75) is 104 Å². The number of carbonyl (C=O) groups is 1. The van der Waals surface area contributed by atoms with Gasteiger partial charge >= 0.3 is 5.97 Å². The van der Waals surface area contributed by atoms with Gasteiger partial charge in [0, 0.05) is 6.61 Å². The molecule has 210 valence electrons. The molecule has 0 heterocycles. The number of hydrogen-bond donors (Lipinski definition) is 0. The first kappa shape index (κ1) is 30.6. The molecule has 3 rings (SSSR count). The van der Waals surface area contributed by atoms with Gasteiger partial charge in [-0.3, -0.25) is 0 Å². The van der Waals surface area contributed by atoms with Crippen LogP contribution in [0.4, 0.5) is 0 Å². The summed E-state index contributed by atoms with van der Waals surface area (Å²) in [6.07, 6.45) is 15.4. The van der Waals surface area contributed by atoms with E-state index in [4.69, 9.17) is 9.47 Å². The second-order valence-electron chi connectivity index (χ2n) is 10.6. The Balaban J connectivity index is 1.40. The molecule has 3 nitrogen and oxygen atoms in total. The first-order chi connectivity index (χ1) is 19.1. The van der Waals surface area contributed by atoms with E-state index in [1.165, 1.54) is 63.4 Å². The van der Waals surface area contributed by atoms with Crippen LogP contribution in [-0.2, 0) is 11.2 Å². The number of rotatable bonds is 18. The zero-order valence-electron chi connectivity index (χ0n) is 24.4. The molecule has 0 bridgehead atoms. The summed E-state index contributed by atoms with van der Waals surface area (Å²) in [7, 11) is 0. The number of aryl methyl sites for hydroxylation is 1. The van der Waals surface area contributed by atoms with Gasteiger partial charge in [0.05, 0.1) is 11.7 Å². The maximum absolute atomic E-state index is 12.7. The third-order valence-corrected chi connectivity index (χ3v) is 7.39. The van der Waals surface area contributed by atoms with E-state index in [0.717, 1.165) is 42.6 Å². The Labute approximate surface area is 237 Å². The van der Waals surface area contributed by atoms with Gasteiger partial charge in [0.25, 0.3) is 0 Å². The van der Waals surface area contributed by atoms with Crippen LogP contribution in [0.3, 0.4) is 0 Å². The van der Waals surface area contributed by atoms with Crippen LogP contribution < -0.4 is 4.74 Å². The highest BCUT2D eigenvalue weighted by Crippen LogP contribution is 2.25. The summed E-state index contributed by atoms with van der Waals surface area (Å²) in [5.41, 5.74) is 5.00. The predicted octanol–water partition coefficient (Wildman–Crippen LogP) is 10.5. The fourth-order valence-electron chi connectivity index (χ4n) is 4.93. The number of carbonyl (C=O) groups excluding carboxylic acids is 1. The molecule has 0 aliphatic carbocycles. The standard InChI is InChI=1S/C36H48O3/c1-4-6-7-8-9-10-11-12-13-16-28-38-29(3)30-20-22-31(23-21-30)32-24-26-34(27-25-32)36(37)39-35-19-15-14-18-33(35)17-5-2/h14-15,18-27,29H,4-13,16-17,28H2,1-3H3. The number of unbranched alkanes of at least 4 members (excludes halogenated alkanes) is 9. The number of hydrogen-bond acceptors (Lipinski definition) is 3. The molecule has 3 aromatic rings. The van der Waals surface area contributed by atoms with E-state index in [1.807, 2.05) is 48.5 Å². The van der Waals surface area contributed by atoms with Crippen LogP contribution in [0.5, 0.6) is 5.75 Å². The maximum Gasteiger partial charge on any atom is 0.343 e. The summed E-state index contributed by atoms with van der Waals surface area (Å²) >= 11 is 0. The van der Waals surface area contributed by atoms with Crippen LogP contribution in [0.25, 0.3) is 11.1 Å². The average molecular weight is 529 g/mol. The minimum Gasteiger partial charge on any atom is -0.423 e. The van der Waals surface area contributed by atoms with Crippen molar-refractivity contribution in [3.8, 4) is 16.9 Å². The van der Waals surface area contributed by atoms with E-state index in [-0.39, 0.29) is 12.1 Å². The van der Waals surface area contributed by atoms with Gasteiger partial charge in [-0.25, -0.2) is 4.79 Å². The Bertz CT molecular complexity index is 1090. The van der Waals surface area contributed by atoms with E-state index in [2.05, 4.69) is 45.0 Å². The van der Waals surface area contributed by atoms with Gasteiger partial charge < -0.3 is 9.47 Å². The van der Waals surface area contributed by atoms with Gasteiger partial charge in [-0.2, -0.15) is 0 Å². The molecule has 0 saturated carbocycles. The molecule has 3 aromatic carbocycles. The third kappa shape index (κ3) is 10.6. The van der Waals surface area contributed by atoms with Crippen molar-refractivity contribution in [1.82, 2.24) is 0 Å². The zero-order chi connectivity index (χ0) is 27.7. The minimum atomic E-state index is -0.325. The lowest BCUT2D eigenvalue weighted by Gasteiger charge is -2.14. The number of benzene rings is 3. The largest absolute Gasteiger partial charge is 0.423 e. The smallest absolute Gasteiger partial charge is 0.343 e. The quantitative estimate of drug-likeness (QED) is 0.0935. The normalized spacial score (nSPS) is 11.9. The second-order valence-corrected chi connectivity index (χ2v) is 10.6. The van der Waals surface area contributed by atoms with Gasteiger partial charge in [-0.05, 0) is 60.2 Å². The zero-order valence-corrected chi connectivity index (χ0v) is 24.4. The molecule has 1 unspecified atom stereocenters. The minimum absolute atomic E-state index is 0.0883. The molecular formula is C36H48O3. The lowest BCUT2D eigenvalue weighted by molar-refractivity contribution is 0.0627. The van der Waals surface area contributed by atoms with E-state index in [0.29, 0.717) is 11.3 Å². The molecule has 0 spiro atoms. The number of ether oxygens (including phenoxy) is 2. The highest BCUT2D eigenvalue weighted by atomic mass is 16.5. The van der Waals surface area contributed by atoms with Crippen molar-refractivity contribution in [1.29, 1.82) is 0 Å². The van der Waals surface area contributed by atoms with Crippen molar-refractivity contribution >= 4 is 5.97 Å². The van der Waals surface area contributed by atoms with Gasteiger partial charge in [0.2, 0.25) is 0 Å². The lowest BCUT2D eigenvalue weighted by Crippen LogP contribution is -2.09. The van der Waals surface area contributed by atoms with Crippen molar-refractivity contribution in [3.05, 3.63) is 89.5 Å². The van der Waals surface area contributed by atoms with Crippen LogP contribution in [0.2, 0.25) is 0 Å². The molecule has 0 fully saturated rings. The van der Waals surface area contributed by atoms with Gasteiger partial charge in [0.15, 0.2) is 0 Å². The second kappa shape index (κ2) is 17.6. The summed E-state index contributed by atoms with van der Waals surface area (Å²) in [5, 5.41) is 0. The summed E-state index contributed by atoms with van der Waals surface area (Å²) in [6, 6.07) is 23.9. The molecule has 1 atom stereocenters. The van der Waals surface area contributed by atoms with Crippen molar-refractivity contribution in [2.24, 2.45) is 0 Å². The number of para-hydroxylation sites is 1. The Morgan fingerprint density at radius 1 is 0.667 bits per heavy atom. The molecule has 0 aromatic heterocycles. The summed E-state index contributed by atoms with van der Waals surface area (Å²) < 4.78 is 11.8. The topological polar surface area (TPSA) is 35.5 Å². The first-order valence-electron chi connectivity index (χ1n) is 15.2. The SMILES string of the molecule is CCCCCCCCCCCCOC(C)c1ccc(-c2ccc(C(=O)Oc3ccccc3CCC)cc2)cc1. The van der Waals surface area contributed by atoms with Crippen LogP contribution in [0.15, 0.2) is 72.8 Å². The molecule has 3 heteroatoms. The van der Waals surface area contributed by atoms with Crippen LogP contribution in [0, 0.1) is 0 Å². The Morgan fingerprint density at radius 2 is 1.23 bits per heavy atom. The molecule has 0 N–H and O–H groups in total. The van der Waals surface area contributed by atoms with Crippen LogP contribution in [0.1, 0.15) is 119 Å². The first-order valence-corrected chi connectivity index (χ1v) is 15.2. The van der Waals surface area contributed by atoms with Crippen molar-refractivity contribution in [3.63, 3.8) is 0 Å². The van der Waals surface area contributed by atoms with Crippen LogP contribution >= 0.6 is 0 Å². The molecule has 0 radical (unpaired) electrons. The van der Waals surface area contributed by atoms with E-state index >= 15 is 0 Å². The average Bonchev–Trinajstić information content (AvgIpc) is 2.97. The third-order valence-electron chi connectivity index (χ3n) is 7.39. The molecule has 39 heavy (non-hydrogen) atoms. The molecule has 0 amide bonds. The monoisotopic (exact) mass is 528 g/mol. The predicted molar refractivity (Wildman–Crippen MR) is 163 cm³/mol. The van der Waals surface area contributed by atoms with E-state index < -0.39 is 0 Å². The Kier molecular flexibility index (Phi) is 13.8. The number of esters is 1. The van der Waals surface area contributed by atoms with Crippen molar-refractivity contribution in [2.75, 3.05) is 6.61 Å². The molecule has 0 saturated heterocycles. The van der Waals surface area contributed by atoms with Crippen molar-refractivity contribution < 1.29 is 14.3 Å². The maximum atomic E-state index is 12.7. The van der Waals surface area contributed by atoms with Crippen LogP contribution in [-0.4, -0.2) is 12.6 Å². The fourth-order valence-corrected chi connectivity index (χ4v) is 4.93. The summed E-state index contributed by atoms with van der Waals surface area (Å²) in [4.78, 5) is 12.7. The molecule has 0 aliphatic heterocycles. The lowest BCUT2D eigenvalue weighted by atomic mass is 10.0. The molecule has 0 aliphatic rings. The van der Waals surface area contributed by atoms with Gasteiger partial charge in [-0.15, -0.1) is 0 Å². The van der Waals surface area contributed by atoms with E-state index in [1.54, 1.807) is 0 Å². The van der Waals surface area contributed by atoms with E-state index in [9.17, 15) is 4.79 Å².